The Kier molecular flexibility index (Phi) is 4.16. The molecule has 6 nitrogen and oxygen atoms in total. The average molecular weight is 286 g/mol. The molecule has 0 bridgehead atoms. The van der Waals surface area contributed by atoms with E-state index < -0.39 is 10.0 Å². The highest BCUT2D eigenvalue weighted by Crippen LogP contribution is 2.25. The van der Waals surface area contributed by atoms with Crippen LogP contribution in [0.3, 0.4) is 0 Å². The van der Waals surface area contributed by atoms with Crippen LogP contribution in [0.5, 0.6) is 5.75 Å². The molecule has 2 rings (SSSR count). The molecular formula is C12H18N2O4S. The lowest BCUT2D eigenvalue weighted by Gasteiger charge is -2.14. The van der Waals surface area contributed by atoms with Gasteiger partial charge in [-0.15, -0.1) is 0 Å². The van der Waals surface area contributed by atoms with Crippen LogP contribution in [0.1, 0.15) is 12.8 Å². The minimum absolute atomic E-state index is 0.0432. The van der Waals surface area contributed by atoms with Gasteiger partial charge >= 0.3 is 0 Å². The number of benzene rings is 1. The Morgan fingerprint density at radius 3 is 2.89 bits per heavy atom. The van der Waals surface area contributed by atoms with Crippen LogP contribution >= 0.6 is 0 Å². The number of methoxy groups -OCH3 is 1. The van der Waals surface area contributed by atoms with E-state index in [1.54, 1.807) is 18.2 Å². The van der Waals surface area contributed by atoms with Crippen LogP contribution in [0.25, 0.3) is 0 Å². The normalized spacial score (nSPS) is 19.3. The maximum Gasteiger partial charge on any atom is 0.235 e. The molecule has 0 radical (unpaired) electrons. The summed E-state index contributed by atoms with van der Waals surface area (Å²) >= 11 is 0. The molecule has 1 unspecified atom stereocenters. The minimum atomic E-state index is -3.46. The largest absolute Gasteiger partial charge is 0.497 e. The van der Waals surface area contributed by atoms with Gasteiger partial charge in [0.15, 0.2) is 0 Å². The molecule has 7 heteroatoms. The molecule has 0 saturated carbocycles. The number of ether oxygens (including phenoxy) is 2. The summed E-state index contributed by atoms with van der Waals surface area (Å²) in [4.78, 5) is 0. The SMILES string of the molecule is COc1ccc(NS(=O)(=O)CC2CCCO2)c(N)c1. The first-order valence-electron chi connectivity index (χ1n) is 6.06. The smallest absolute Gasteiger partial charge is 0.235 e. The second-order valence-electron chi connectivity index (χ2n) is 4.47. The maximum atomic E-state index is 12.0. The molecule has 0 aromatic heterocycles. The van der Waals surface area contributed by atoms with Crippen LogP contribution in [0, 0.1) is 0 Å². The second kappa shape index (κ2) is 5.66. The van der Waals surface area contributed by atoms with Crippen LogP contribution in [0.4, 0.5) is 11.4 Å². The summed E-state index contributed by atoms with van der Waals surface area (Å²) < 4.78 is 36.8. The van der Waals surface area contributed by atoms with Crippen molar-refractivity contribution in [3.8, 4) is 5.75 Å². The predicted octanol–water partition coefficient (Wildman–Crippen LogP) is 1.20. The fraction of sp³-hybridized carbons (Fsp3) is 0.500. The van der Waals surface area contributed by atoms with Gasteiger partial charge in [0.2, 0.25) is 10.0 Å². The molecule has 106 valence electrons. The van der Waals surface area contributed by atoms with Crippen LogP contribution < -0.4 is 15.2 Å². The van der Waals surface area contributed by atoms with Gasteiger partial charge in [-0.2, -0.15) is 0 Å². The quantitative estimate of drug-likeness (QED) is 0.794. The summed E-state index contributed by atoms with van der Waals surface area (Å²) in [6.07, 6.45) is 1.46. The van der Waals surface area contributed by atoms with Gasteiger partial charge in [0.25, 0.3) is 0 Å². The Morgan fingerprint density at radius 2 is 2.32 bits per heavy atom. The Labute approximate surface area is 112 Å². The van der Waals surface area contributed by atoms with Crippen molar-refractivity contribution in [2.75, 3.05) is 29.9 Å². The zero-order chi connectivity index (χ0) is 13.9. The van der Waals surface area contributed by atoms with E-state index in [-0.39, 0.29) is 11.9 Å². The maximum absolute atomic E-state index is 12.0. The molecule has 1 heterocycles. The molecule has 3 N–H and O–H groups in total. The monoisotopic (exact) mass is 286 g/mol. The molecule has 1 aliphatic rings. The number of sulfonamides is 1. The summed E-state index contributed by atoms with van der Waals surface area (Å²) in [6, 6.07) is 4.81. The lowest BCUT2D eigenvalue weighted by Crippen LogP contribution is -2.26. The summed E-state index contributed by atoms with van der Waals surface area (Å²) in [5, 5.41) is 0. The predicted molar refractivity (Wildman–Crippen MR) is 73.8 cm³/mol. The van der Waals surface area contributed by atoms with Crippen molar-refractivity contribution in [2.24, 2.45) is 0 Å². The lowest BCUT2D eigenvalue weighted by molar-refractivity contribution is 0.127. The first kappa shape index (κ1) is 14.0. The molecule has 0 spiro atoms. The third kappa shape index (κ3) is 3.74. The Hall–Kier alpha value is -1.47. The lowest BCUT2D eigenvalue weighted by atomic mass is 10.2. The van der Waals surface area contributed by atoms with Gasteiger partial charge in [0.1, 0.15) is 5.75 Å². The van der Waals surface area contributed by atoms with Crippen LogP contribution in [0.15, 0.2) is 18.2 Å². The van der Waals surface area contributed by atoms with E-state index in [1.165, 1.54) is 7.11 Å². The van der Waals surface area contributed by atoms with Crippen LogP contribution in [0.2, 0.25) is 0 Å². The van der Waals surface area contributed by atoms with Crippen molar-refractivity contribution >= 4 is 21.4 Å². The number of anilines is 2. The van der Waals surface area contributed by atoms with E-state index in [2.05, 4.69) is 4.72 Å². The summed E-state index contributed by atoms with van der Waals surface area (Å²) in [6.45, 7) is 0.630. The summed E-state index contributed by atoms with van der Waals surface area (Å²) in [5.74, 6) is 0.540. The third-order valence-corrected chi connectivity index (χ3v) is 4.30. The number of hydrogen-bond acceptors (Lipinski definition) is 5. The molecular weight excluding hydrogens is 268 g/mol. The van der Waals surface area contributed by atoms with Gasteiger partial charge in [-0.05, 0) is 25.0 Å². The topological polar surface area (TPSA) is 90.6 Å². The Bertz CT molecular complexity index is 539. The highest BCUT2D eigenvalue weighted by atomic mass is 32.2. The number of nitrogen functional groups attached to an aromatic ring is 1. The number of nitrogens with two attached hydrogens (primary N) is 1. The molecule has 0 aliphatic carbocycles. The standard InChI is InChI=1S/C12H18N2O4S/c1-17-9-4-5-12(11(13)7-9)14-19(15,16)8-10-3-2-6-18-10/h4-5,7,10,14H,2-3,6,8,13H2,1H3. The van der Waals surface area contributed by atoms with Gasteiger partial charge in [-0.3, -0.25) is 4.72 Å². The highest BCUT2D eigenvalue weighted by Gasteiger charge is 2.23. The van der Waals surface area contributed by atoms with Gasteiger partial charge < -0.3 is 15.2 Å². The zero-order valence-electron chi connectivity index (χ0n) is 10.8. The van der Waals surface area contributed by atoms with Gasteiger partial charge in [-0.1, -0.05) is 0 Å². The van der Waals surface area contributed by atoms with Crippen LogP contribution in [-0.2, 0) is 14.8 Å². The molecule has 1 aromatic rings. The van der Waals surface area contributed by atoms with Crippen molar-refractivity contribution < 1.29 is 17.9 Å². The van der Waals surface area contributed by atoms with E-state index >= 15 is 0 Å². The van der Waals surface area contributed by atoms with Gasteiger partial charge in [-0.25, -0.2) is 8.42 Å². The van der Waals surface area contributed by atoms with Gasteiger partial charge in [0, 0.05) is 12.7 Å². The van der Waals surface area contributed by atoms with Crippen molar-refractivity contribution in [1.82, 2.24) is 0 Å². The first-order valence-corrected chi connectivity index (χ1v) is 7.71. The molecule has 1 saturated heterocycles. The molecule has 19 heavy (non-hydrogen) atoms. The molecule has 1 fully saturated rings. The summed E-state index contributed by atoms with van der Waals surface area (Å²) in [5.41, 5.74) is 6.46. The zero-order valence-corrected chi connectivity index (χ0v) is 11.6. The Morgan fingerprint density at radius 1 is 1.53 bits per heavy atom. The van der Waals surface area contributed by atoms with E-state index in [0.29, 0.717) is 23.7 Å². The Balaban J connectivity index is 2.06. The number of nitrogens with one attached hydrogen (secondary N) is 1. The molecule has 1 aromatic carbocycles. The van der Waals surface area contributed by atoms with E-state index in [0.717, 1.165) is 12.8 Å². The average Bonchev–Trinajstić information content (AvgIpc) is 2.83. The van der Waals surface area contributed by atoms with E-state index in [4.69, 9.17) is 15.2 Å². The van der Waals surface area contributed by atoms with E-state index in [1.807, 2.05) is 0 Å². The van der Waals surface area contributed by atoms with Gasteiger partial charge in [0.05, 0.1) is 30.3 Å². The molecule has 1 atom stereocenters. The van der Waals surface area contributed by atoms with Crippen LogP contribution in [-0.4, -0.2) is 34.0 Å². The van der Waals surface area contributed by atoms with Crippen molar-refractivity contribution in [1.29, 1.82) is 0 Å². The fourth-order valence-corrected chi connectivity index (χ4v) is 3.35. The fourth-order valence-electron chi connectivity index (χ4n) is 1.99. The van der Waals surface area contributed by atoms with E-state index in [9.17, 15) is 8.42 Å². The second-order valence-corrected chi connectivity index (χ2v) is 6.24. The van der Waals surface area contributed by atoms with Crippen molar-refractivity contribution in [3.63, 3.8) is 0 Å². The summed E-state index contributed by atoms with van der Waals surface area (Å²) in [7, 11) is -1.93. The number of hydrogen-bond donors (Lipinski definition) is 2. The molecule has 0 amide bonds. The molecule has 1 aliphatic heterocycles. The third-order valence-electron chi connectivity index (χ3n) is 2.95. The van der Waals surface area contributed by atoms with Crippen molar-refractivity contribution in [3.05, 3.63) is 18.2 Å². The number of rotatable bonds is 5. The highest BCUT2D eigenvalue weighted by molar-refractivity contribution is 7.92. The first-order chi connectivity index (χ1) is 9.00. The minimum Gasteiger partial charge on any atom is -0.497 e. The van der Waals surface area contributed by atoms with Crippen molar-refractivity contribution in [2.45, 2.75) is 18.9 Å².